The number of hydrogen-bond donors (Lipinski definition) is 0. The Morgan fingerprint density at radius 2 is 1.21 bits per heavy atom. The Bertz CT molecular complexity index is 1500. The minimum atomic E-state index is -3.80. The minimum Gasteiger partial charge on any atom is -1.00 e. The summed E-state index contributed by atoms with van der Waals surface area (Å²) in [5.74, 6) is 3.76. The van der Waals surface area contributed by atoms with Crippen LogP contribution in [-0.4, -0.2) is 9.92 Å². The zero-order valence-electron chi connectivity index (χ0n) is 25.9. The first kappa shape index (κ1) is 35.0. The predicted molar refractivity (Wildman–Crippen MR) is 167 cm³/mol. The van der Waals surface area contributed by atoms with E-state index in [1.54, 1.807) is 0 Å². The van der Waals surface area contributed by atoms with Gasteiger partial charge in [-0.2, -0.15) is 0 Å². The van der Waals surface area contributed by atoms with E-state index in [9.17, 15) is 0 Å². The van der Waals surface area contributed by atoms with Gasteiger partial charge in [0.1, 0.15) is 0 Å². The Morgan fingerprint density at radius 3 is 1.74 bits per heavy atom. The molecule has 0 bridgehead atoms. The maximum absolute atomic E-state index is 7.35. The van der Waals surface area contributed by atoms with Crippen molar-refractivity contribution in [3.05, 3.63) is 138 Å². The molecule has 2 aliphatic carbocycles. The molecule has 3 unspecified atom stereocenters. The Balaban J connectivity index is 0.00000253. The third kappa shape index (κ3) is 6.93. The van der Waals surface area contributed by atoms with Gasteiger partial charge in [0.05, 0.1) is 0 Å². The second kappa shape index (κ2) is 15.0. The molecule has 0 aliphatic heterocycles. The van der Waals surface area contributed by atoms with Gasteiger partial charge in [-0.3, -0.25) is 0 Å². The van der Waals surface area contributed by atoms with Crippen LogP contribution in [0, 0.1) is 20.8 Å². The van der Waals surface area contributed by atoms with Gasteiger partial charge in [0.15, 0.2) is 0 Å². The zero-order valence-corrected chi connectivity index (χ0v) is 29.9. The molecule has 3 aromatic carbocycles. The van der Waals surface area contributed by atoms with E-state index >= 15 is 0 Å². The van der Waals surface area contributed by atoms with Crippen molar-refractivity contribution in [3.63, 3.8) is 0 Å². The average molecular weight is 697 g/mol. The summed E-state index contributed by atoms with van der Waals surface area (Å²) in [4.78, 5) is 0. The van der Waals surface area contributed by atoms with Crippen LogP contribution in [0.1, 0.15) is 37.5 Å². The smallest absolute Gasteiger partial charge is 1.00 e. The summed E-state index contributed by atoms with van der Waals surface area (Å²) in [5.41, 5.74) is 3.39. The maximum Gasteiger partial charge on any atom is -1.00 e. The summed E-state index contributed by atoms with van der Waals surface area (Å²) >= 11 is -3.80. The number of aryl methyl sites for hydroxylation is 3. The van der Waals surface area contributed by atoms with Gasteiger partial charge in [-0.15, -0.1) is 0 Å². The van der Waals surface area contributed by atoms with Gasteiger partial charge >= 0.3 is 252 Å². The molecule has 0 N–H and O–H groups in total. The molecule has 0 fully saturated rings. The quantitative estimate of drug-likeness (QED) is 0.304. The van der Waals surface area contributed by atoms with Gasteiger partial charge in [0, 0.05) is 0 Å². The second-order valence-corrected chi connectivity index (χ2v) is 25.0. The molecule has 5 rings (SSSR count). The summed E-state index contributed by atoms with van der Waals surface area (Å²) in [6.45, 7) is 13.9. The molecule has 0 amide bonds. The van der Waals surface area contributed by atoms with Crippen molar-refractivity contribution < 1.29 is 59.3 Å². The monoisotopic (exact) mass is 694 g/mol. The predicted octanol–water partition coefficient (Wildman–Crippen LogP) is 4.01. The van der Waals surface area contributed by atoms with E-state index in [4.69, 9.17) is 14.2 Å². The SMILES string of the molecule is Cc1ccccc1OC[C](C)(Oc1ccccc1C)[Zr]([CH](C)C)([CH]1C=CC=C1)[CH]1C=CC=C1Oc1ccccc1C.[Cl-].[Cl-]. The Morgan fingerprint density at radius 1 is 0.698 bits per heavy atom. The van der Waals surface area contributed by atoms with E-state index in [1.165, 1.54) is 0 Å². The summed E-state index contributed by atoms with van der Waals surface area (Å²) < 4.78 is 21.2. The number of ether oxygens (including phenoxy) is 3. The Labute approximate surface area is 275 Å². The fourth-order valence-electron chi connectivity index (χ4n) is 6.83. The van der Waals surface area contributed by atoms with E-state index in [1.807, 2.05) is 12.1 Å². The van der Waals surface area contributed by atoms with E-state index in [0.29, 0.717) is 13.9 Å². The fraction of sp³-hybridized carbons (Fsp3) is 0.297. The molecule has 0 spiro atoms. The first-order valence-electron chi connectivity index (χ1n) is 14.7. The van der Waals surface area contributed by atoms with E-state index in [-0.39, 0.29) is 28.4 Å². The Kier molecular flexibility index (Phi) is 12.2. The molecule has 0 aromatic heterocycles. The molecule has 0 saturated heterocycles. The summed E-state index contributed by atoms with van der Waals surface area (Å²) in [5, 5.41) is 0. The molecular weight excluding hydrogens is 655 g/mol. The fourth-order valence-corrected chi connectivity index (χ4v) is 24.1. The van der Waals surface area contributed by atoms with Crippen LogP contribution in [0.2, 0.25) is 10.9 Å². The van der Waals surface area contributed by atoms with Gasteiger partial charge < -0.3 is 24.8 Å². The summed E-state index contributed by atoms with van der Waals surface area (Å²) in [6.07, 6.45) is 16.0. The van der Waals surface area contributed by atoms with Gasteiger partial charge in [-0.1, -0.05) is 0 Å². The molecule has 228 valence electrons. The number of hydrogen-bond acceptors (Lipinski definition) is 3. The maximum atomic E-state index is 7.35. The first-order valence-corrected chi connectivity index (χ1v) is 20.1. The molecule has 0 saturated carbocycles. The van der Waals surface area contributed by atoms with E-state index in [0.717, 1.165) is 39.7 Å². The first-order chi connectivity index (χ1) is 19.8. The van der Waals surface area contributed by atoms with Crippen LogP contribution >= 0.6 is 0 Å². The van der Waals surface area contributed by atoms with Crippen LogP contribution in [0.15, 0.2) is 121 Å². The molecule has 2 aliphatic rings. The largest absolute Gasteiger partial charge is 1.00 e. The van der Waals surface area contributed by atoms with Crippen LogP contribution in [0.25, 0.3) is 0 Å². The van der Waals surface area contributed by atoms with Crippen LogP contribution in [0.5, 0.6) is 17.2 Å². The molecule has 0 radical (unpaired) electrons. The molecule has 43 heavy (non-hydrogen) atoms. The van der Waals surface area contributed by atoms with Crippen molar-refractivity contribution in [2.24, 2.45) is 0 Å². The molecular formula is C37H42Cl2O3Zr-2. The summed E-state index contributed by atoms with van der Waals surface area (Å²) in [7, 11) is 0. The third-order valence-corrected chi connectivity index (χ3v) is 26.1. The molecule has 6 heteroatoms. The standard InChI is InChI=1S/C17H19O2.C12H11O.C5H5.C3H7.2ClH.Zr/c1-13-8-4-6-10-16(13)18-12-15(3)19-17-11-7-5-9-14(17)2;1-10-6-2-5-9-12(10)13-11-7-3-4-8-11;1-2-4-5-3-1;1-3-2;;;/h4-11H,12H2,1-3H3;2-9H,1H3;1-5H;3H,1-2H3;2*1H;/p-2. The van der Waals surface area contributed by atoms with Crippen LogP contribution in [0.3, 0.4) is 0 Å². The van der Waals surface area contributed by atoms with Crippen molar-refractivity contribution in [1.82, 2.24) is 0 Å². The molecule has 3 aromatic rings. The van der Waals surface area contributed by atoms with Crippen molar-refractivity contribution in [2.75, 3.05) is 6.61 Å². The van der Waals surface area contributed by atoms with E-state index < -0.39 is 23.6 Å². The number of halogens is 2. The zero-order chi connectivity index (χ0) is 29.0. The van der Waals surface area contributed by atoms with Gasteiger partial charge in [0.2, 0.25) is 0 Å². The van der Waals surface area contributed by atoms with Crippen LogP contribution in [-0.2, 0) is 20.3 Å². The van der Waals surface area contributed by atoms with Gasteiger partial charge in [-0.05, 0) is 0 Å². The normalized spacial score (nSPS) is 18.3. The Hall–Kier alpha value is -2.52. The van der Waals surface area contributed by atoms with Crippen LogP contribution in [0.4, 0.5) is 0 Å². The number of allylic oxidation sites excluding steroid dienone is 7. The molecule has 3 atom stereocenters. The minimum absolute atomic E-state index is 0. The molecule has 0 heterocycles. The number of benzene rings is 3. The van der Waals surface area contributed by atoms with E-state index in [2.05, 4.69) is 145 Å². The third-order valence-electron chi connectivity index (χ3n) is 8.90. The number of rotatable bonds is 11. The van der Waals surface area contributed by atoms with Crippen molar-refractivity contribution >= 4 is 0 Å². The molecule has 3 nitrogen and oxygen atoms in total. The van der Waals surface area contributed by atoms with Gasteiger partial charge in [-0.25, -0.2) is 0 Å². The summed E-state index contributed by atoms with van der Waals surface area (Å²) in [6, 6.07) is 24.9. The van der Waals surface area contributed by atoms with Crippen molar-refractivity contribution in [3.8, 4) is 17.2 Å². The van der Waals surface area contributed by atoms with Crippen molar-refractivity contribution in [2.45, 2.75) is 55.7 Å². The van der Waals surface area contributed by atoms with Gasteiger partial charge in [0.25, 0.3) is 0 Å². The topological polar surface area (TPSA) is 27.7 Å². The van der Waals surface area contributed by atoms with Crippen LogP contribution < -0.4 is 39.0 Å². The average Bonchev–Trinajstić information content (AvgIpc) is 3.65. The van der Waals surface area contributed by atoms with Crippen molar-refractivity contribution in [1.29, 1.82) is 0 Å². The second-order valence-electron chi connectivity index (χ2n) is 11.8. The number of para-hydroxylation sites is 3.